The molecular formula is C15H15N3O3S2. The standard InChI is InChI=1S/C15H15N3O3S2/c1-10-9-22-15-17-13(8-18(10)15)7-16-23(20,21)14-5-3-12(4-6-14)11(2)19/h3-6,8-9,16H,7H2,1-2H3. The van der Waals surface area contributed by atoms with Crippen LogP contribution < -0.4 is 4.72 Å². The second kappa shape index (κ2) is 5.88. The SMILES string of the molecule is CC(=O)c1ccc(S(=O)(=O)NCc2cn3c(C)csc3n2)cc1. The summed E-state index contributed by atoms with van der Waals surface area (Å²) >= 11 is 1.51. The lowest BCUT2D eigenvalue weighted by Crippen LogP contribution is -2.23. The molecule has 120 valence electrons. The van der Waals surface area contributed by atoms with Gasteiger partial charge in [0.1, 0.15) is 0 Å². The minimum Gasteiger partial charge on any atom is -0.295 e. The number of aromatic nitrogens is 2. The van der Waals surface area contributed by atoms with Crippen molar-refractivity contribution in [2.75, 3.05) is 0 Å². The number of sulfonamides is 1. The van der Waals surface area contributed by atoms with E-state index >= 15 is 0 Å². The number of carbonyl (C=O) groups excluding carboxylic acids is 1. The summed E-state index contributed by atoms with van der Waals surface area (Å²) in [6.07, 6.45) is 1.82. The largest absolute Gasteiger partial charge is 0.295 e. The first-order valence-electron chi connectivity index (χ1n) is 6.89. The number of nitrogens with zero attached hydrogens (tertiary/aromatic N) is 2. The molecule has 0 spiro atoms. The first kappa shape index (κ1) is 15.9. The average Bonchev–Trinajstić information content (AvgIpc) is 3.07. The second-order valence-corrected chi connectivity index (χ2v) is 7.77. The van der Waals surface area contributed by atoms with Crippen LogP contribution in [0.4, 0.5) is 0 Å². The van der Waals surface area contributed by atoms with Crippen LogP contribution in [0.3, 0.4) is 0 Å². The van der Waals surface area contributed by atoms with Crippen LogP contribution in [0, 0.1) is 6.92 Å². The van der Waals surface area contributed by atoms with Crippen LogP contribution in [-0.4, -0.2) is 23.6 Å². The molecule has 0 aliphatic carbocycles. The van der Waals surface area contributed by atoms with Crippen molar-refractivity contribution < 1.29 is 13.2 Å². The molecule has 0 bridgehead atoms. The number of aryl methyl sites for hydroxylation is 1. The highest BCUT2D eigenvalue weighted by atomic mass is 32.2. The number of fused-ring (bicyclic) bond motifs is 1. The highest BCUT2D eigenvalue weighted by Crippen LogP contribution is 2.16. The number of thiazole rings is 1. The van der Waals surface area contributed by atoms with Gasteiger partial charge in [-0.3, -0.25) is 9.20 Å². The summed E-state index contributed by atoms with van der Waals surface area (Å²) in [5.41, 5.74) is 2.20. The predicted octanol–water partition coefficient (Wildman–Crippen LogP) is 2.39. The predicted molar refractivity (Wildman–Crippen MR) is 88.3 cm³/mol. The Bertz CT molecular complexity index is 969. The van der Waals surface area contributed by atoms with Crippen LogP contribution in [0.2, 0.25) is 0 Å². The minimum atomic E-state index is -3.64. The number of hydrogen-bond acceptors (Lipinski definition) is 5. The summed E-state index contributed by atoms with van der Waals surface area (Å²) in [5, 5.41) is 1.99. The summed E-state index contributed by atoms with van der Waals surface area (Å²) in [4.78, 5) is 16.6. The van der Waals surface area contributed by atoms with Gasteiger partial charge < -0.3 is 0 Å². The molecule has 0 radical (unpaired) electrons. The van der Waals surface area contributed by atoms with Gasteiger partial charge in [0.25, 0.3) is 0 Å². The van der Waals surface area contributed by atoms with Gasteiger partial charge in [-0.15, -0.1) is 11.3 Å². The molecule has 0 saturated carbocycles. The maximum atomic E-state index is 12.3. The monoisotopic (exact) mass is 349 g/mol. The zero-order valence-electron chi connectivity index (χ0n) is 12.6. The van der Waals surface area contributed by atoms with Gasteiger partial charge in [0.05, 0.1) is 17.1 Å². The number of Topliss-reactive ketones (excluding diaryl/α,β-unsaturated/α-hetero) is 1. The molecule has 0 fully saturated rings. The molecular weight excluding hydrogens is 334 g/mol. The number of ketones is 1. The van der Waals surface area contributed by atoms with Crippen molar-refractivity contribution in [3.05, 3.63) is 52.8 Å². The van der Waals surface area contributed by atoms with E-state index in [0.717, 1.165) is 10.7 Å². The molecule has 0 saturated heterocycles. The number of carbonyl (C=O) groups is 1. The summed E-state index contributed by atoms with van der Waals surface area (Å²) in [6, 6.07) is 5.86. The molecule has 3 aromatic rings. The highest BCUT2D eigenvalue weighted by molar-refractivity contribution is 7.89. The maximum Gasteiger partial charge on any atom is 0.240 e. The van der Waals surface area contributed by atoms with Crippen LogP contribution in [0.1, 0.15) is 28.7 Å². The van der Waals surface area contributed by atoms with Crippen LogP contribution in [-0.2, 0) is 16.6 Å². The fourth-order valence-electron chi connectivity index (χ4n) is 2.15. The molecule has 0 atom stereocenters. The number of imidazole rings is 1. The van der Waals surface area contributed by atoms with E-state index in [1.807, 2.05) is 22.9 Å². The van der Waals surface area contributed by atoms with Gasteiger partial charge in [-0.1, -0.05) is 12.1 Å². The summed E-state index contributed by atoms with van der Waals surface area (Å²) in [6.45, 7) is 3.52. The summed E-state index contributed by atoms with van der Waals surface area (Å²) in [7, 11) is -3.64. The number of nitrogens with one attached hydrogen (secondary N) is 1. The molecule has 0 aliphatic rings. The lowest BCUT2D eigenvalue weighted by atomic mass is 10.2. The van der Waals surface area contributed by atoms with Gasteiger partial charge in [0.15, 0.2) is 10.7 Å². The van der Waals surface area contributed by atoms with Crippen molar-refractivity contribution >= 4 is 32.1 Å². The normalized spacial score (nSPS) is 11.9. The van der Waals surface area contributed by atoms with Crippen molar-refractivity contribution in [1.29, 1.82) is 0 Å². The Balaban J connectivity index is 1.76. The summed E-state index contributed by atoms with van der Waals surface area (Å²) in [5.74, 6) is -0.102. The number of hydrogen-bond donors (Lipinski definition) is 1. The third-order valence-electron chi connectivity index (χ3n) is 3.45. The van der Waals surface area contributed by atoms with E-state index in [1.165, 1.54) is 42.5 Å². The molecule has 1 aromatic carbocycles. The molecule has 0 aliphatic heterocycles. The first-order valence-corrected chi connectivity index (χ1v) is 9.26. The van der Waals surface area contributed by atoms with Crippen LogP contribution in [0.15, 0.2) is 40.7 Å². The fourth-order valence-corrected chi connectivity index (χ4v) is 4.02. The molecule has 23 heavy (non-hydrogen) atoms. The Morgan fingerprint density at radius 1 is 1.30 bits per heavy atom. The molecule has 0 amide bonds. The van der Waals surface area contributed by atoms with Crippen molar-refractivity contribution in [1.82, 2.24) is 14.1 Å². The Labute approximate surface area is 137 Å². The third-order valence-corrected chi connectivity index (χ3v) is 5.83. The lowest BCUT2D eigenvalue weighted by Gasteiger charge is -2.05. The Morgan fingerprint density at radius 3 is 2.61 bits per heavy atom. The maximum absolute atomic E-state index is 12.3. The number of benzene rings is 1. The quantitative estimate of drug-likeness (QED) is 0.717. The highest BCUT2D eigenvalue weighted by Gasteiger charge is 2.15. The van der Waals surface area contributed by atoms with E-state index in [9.17, 15) is 13.2 Å². The molecule has 2 heterocycles. The van der Waals surface area contributed by atoms with Gasteiger partial charge in [0.2, 0.25) is 10.0 Å². The molecule has 2 aromatic heterocycles. The average molecular weight is 349 g/mol. The fraction of sp³-hybridized carbons (Fsp3) is 0.200. The minimum absolute atomic E-state index is 0.102. The van der Waals surface area contributed by atoms with E-state index in [0.29, 0.717) is 11.3 Å². The van der Waals surface area contributed by atoms with Gasteiger partial charge in [-0.05, 0) is 26.0 Å². The first-order chi connectivity index (χ1) is 10.9. The van der Waals surface area contributed by atoms with E-state index in [4.69, 9.17) is 0 Å². The Hall–Kier alpha value is -2.03. The Kier molecular flexibility index (Phi) is 4.05. The van der Waals surface area contributed by atoms with Gasteiger partial charge in [0, 0.05) is 22.8 Å². The Morgan fingerprint density at radius 2 is 2.00 bits per heavy atom. The van der Waals surface area contributed by atoms with E-state index in [-0.39, 0.29) is 17.2 Å². The molecule has 8 heteroatoms. The zero-order chi connectivity index (χ0) is 16.6. The van der Waals surface area contributed by atoms with Crippen LogP contribution in [0.5, 0.6) is 0 Å². The smallest absolute Gasteiger partial charge is 0.240 e. The lowest BCUT2D eigenvalue weighted by molar-refractivity contribution is 0.101. The molecule has 1 N–H and O–H groups in total. The van der Waals surface area contributed by atoms with Crippen LogP contribution >= 0.6 is 11.3 Å². The van der Waals surface area contributed by atoms with Crippen molar-refractivity contribution in [3.63, 3.8) is 0 Å². The molecule has 3 rings (SSSR count). The number of rotatable bonds is 5. The second-order valence-electron chi connectivity index (χ2n) is 5.17. The van der Waals surface area contributed by atoms with Gasteiger partial charge in [-0.25, -0.2) is 18.1 Å². The van der Waals surface area contributed by atoms with Crippen LogP contribution in [0.25, 0.3) is 4.96 Å². The van der Waals surface area contributed by atoms with Crippen molar-refractivity contribution in [2.45, 2.75) is 25.3 Å². The van der Waals surface area contributed by atoms with E-state index in [2.05, 4.69) is 9.71 Å². The zero-order valence-corrected chi connectivity index (χ0v) is 14.2. The topological polar surface area (TPSA) is 80.5 Å². The van der Waals surface area contributed by atoms with Crippen molar-refractivity contribution in [2.24, 2.45) is 0 Å². The van der Waals surface area contributed by atoms with Gasteiger partial charge >= 0.3 is 0 Å². The summed E-state index contributed by atoms with van der Waals surface area (Å²) < 4.78 is 29.0. The third kappa shape index (κ3) is 3.19. The molecule has 6 nitrogen and oxygen atoms in total. The van der Waals surface area contributed by atoms with Crippen molar-refractivity contribution in [3.8, 4) is 0 Å². The van der Waals surface area contributed by atoms with E-state index in [1.54, 1.807) is 0 Å². The molecule has 0 unspecified atom stereocenters. The van der Waals surface area contributed by atoms with Gasteiger partial charge in [-0.2, -0.15) is 0 Å². The van der Waals surface area contributed by atoms with E-state index < -0.39 is 10.0 Å².